The summed E-state index contributed by atoms with van der Waals surface area (Å²) in [6.45, 7) is 6.73. The molecule has 1 aliphatic rings. The SMILES string of the molecule is C1CCNC1.C=CCOCC(NC)C(=O)OC.COc1cc(F)cc(-c2csc(C=O)c2)c1. The van der Waals surface area contributed by atoms with E-state index in [0.717, 1.165) is 11.8 Å². The van der Waals surface area contributed by atoms with Crippen LogP contribution in [0, 0.1) is 5.82 Å². The average molecular weight is 481 g/mol. The van der Waals surface area contributed by atoms with Crippen LogP contribution in [0.2, 0.25) is 0 Å². The first-order valence-electron chi connectivity index (χ1n) is 10.5. The maximum absolute atomic E-state index is 13.2. The molecule has 0 radical (unpaired) electrons. The molecule has 0 amide bonds. The molecule has 0 spiro atoms. The van der Waals surface area contributed by atoms with E-state index < -0.39 is 6.04 Å². The number of carbonyl (C=O) groups is 2. The number of hydrogen-bond acceptors (Lipinski definition) is 8. The molecule has 9 heteroatoms. The summed E-state index contributed by atoms with van der Waals surface area (Å²) in [5.41, 5.74) is 1.53. The lowest BCUT2D eigenvalue weighted by atomic mass is 10.1. The van der Waals surface area contributed by atoms with E-state index in [9.17, 15) is 14.0 Å². The molecule has 2 aromatic rings. The van der Waals surface area contributed by atoms with Crippen LogP contribution in [0.5, 0.6) is 5.75 Å². The van der Waals surface area contributed by atoms with E-state index in [2.05, 4.69) is 21.9 Å². The van der Waals surface area contributed by atoms with Gasteiger partial charge in [-0.15, -0.1) is 17.9 Å². The van der Waals surface area contributed by atoms with Crippen LogP contribution in [0.25, 0.3) is 11.1 Å². The first-order valence-corrected chi connectivity index (χ1v) is 11.4. The molecule has 3 rings (SSSR count). The summed E-state index contributed by atoms with van der Waals surface area (Å²) in [4.78, 5) is 22.1. The van der Waals surface area contributed by atoms with Crippen molar-refractivity contribution in [1.29, 1.82) is 0 Å². The summed E-state index contributed by atoms with van der Waals surface area (Å²) in [5, 5.41) is 7.82. The Morgan fingerprint density at radius 1 is 1.24 bits per heavy atom. The van der Waals surface area contributed by atoms with Gasteiger partial charge in [-0.25, -0.2) is 4.39 Å². The fourth-order valence-corrected chi connectivity index (χ4v) is 3.44. The topological polar surface area (TPSA) is 85.9 Å². The smallest absolute Gasteiger partial charge is 0.325 e. The molecule has 1 aromatic carbocycles. The van der Waals surface area contributed by atoms with Crippen LogP contribution in [-0.4, -0.2) is 65.9 Å². The van der Waals surface area contributed by atoms with E-state index in [0.29, 0.717) is 29.4 Å². The third-order valence-corrected chi connectivity index (χ3v) is 5.35. The van der Waals surface area contributed by atoms with Gasteiger partial charge in [-0.05, 0) is 67.7 Å². The Morgan fingerprint density at radius 3 is 2.45 bits per heavy atom. The van der Waals surface area contributed by atoms with Gasteiger partial charge in [0.25, 0.3) is 0 Å². The number of likely N-dealkylation sites (N-methyl/N-ethyl adjacent to an activating group) is 1. The number of thiophene rings is 1. The third-order valence-electron chi connectivity index (χ3n) is 4.49. The van der Waals surface area contributed by atoms with Crippen molar-refractivity contribution in [3.8, 4) is 16.9 Å². The second-order valence-corrected chi connectivity index (χ2v) is 7.83. The van der Waals surface area contributed by atoms with Crippen molar-refractivity contribution in [2.75, 3.05) is 47.6 Å². The van der Waals surface area contributed by atoms with Gasteiger partial charge in [0.05, 0.1) is 32.3 Å². The van der Waals surface area contributed by atoms with Crippen molar-refractivity contribution in [1.82, 2.24) is 10.6 Å². The maximum atomic E-state index is 13.2. The number of ether oxygens (including phenoxy) is 3. The van der Waals surface area contributed by atoms with Crippen molar-refractivity contribution in [3.05, 3.63) is 53.0 Å². The Balaban J connectivity index is 0.000000281. The standard InChI is InChI=1S/C12H9FO2S.C8H15NO3.C4H9N/c1-15-11-3-8(2-10(13)5-11)9-4-12(6-14)16-7-9;1-4-5-12-6-7(9-2)8(10)11-3;1-2-4-5-3-1/h2-7H,1H3;4,7,9H,1,5-6H2,2-3H3;5H,1-4H2. The van der Waals surface area contributed by atoms with E-state index >= 15 is 0 Å². The fraction of sp³-hybridized carbons (Fsp3) is 0.417. The van der Waals surface area contributed by atoms with Gasteiger partial charge in [0, 0.05) is 6.07 Å². The first-order chi connectivity index (χ1) is 16.0. The summed E-state index contributed by atoms with van der Waals surface area (Å²) in [7, 11) is 4.52. The molecule has 2 heterocycles. The van der Waals surface area contributed by atoms with E-state index in [1.54, 1.807) is 25.3 Å². The van der Waals surface area contributed by atoms with Gasteiger partial charge in [-0.1, -0.05) is 6.08 Å². The number of methoxy groups -OCH3 is 2. The number of rotatable bonds is 9. The zero-order chi connectivity index (χ0) is 24.5. The highest BCUT2D eigenvalue weighted by Crippen LogP contribution is 2.28. The summed E-state index contributed by atoms with van der Waals surface area (Å²) < 4.78 is 27.8. The van der Waals surface area contributed by atoms with Gasteiger partial charge < -0.3 is 24.8 Å². The largest absolute Gasteiger partial charge is 0.497 e. The minimum atomic E-state index is -0.394. The minimum absolute atomic E-state index is 0.301. The van der Waals surface area contributed by atoms with E-state index in [-0.39, 0.29) is 11.8 Å². The molecular weight excluding hydrogens is 447 g/mol. The quantitative estimate of drug-likeness (QED) is 0.245. The molecule has 0 saturated carbocycles. The number of aldehydes is 1. The van der Waals surface area contributed by atoms with E-state index in [1.165, 1.54) is 63.6 Å². The third kappa shape index (κ3) is 11.2. The zero-order valence-corrected chi connectivity index (χ0v) is 20.2. The number of halogens is 1. The van der Waals surface area contributed by atoms with Crippen LogP contribution in [0.4, 0.5) is 4.39 Å². The Bertz CT molecular complexity index is 848. The highest BCUT2D eigenvalue weighted by atomic mass is 32.1. The summed E-state index contributed by atoms with van der Waals surface area (Å²) >= 11 is 1.33. The van der Waals surface area contributed by atoms with Crippen LogP contribution in [0.1, 0.15) is 22.5 Å². The Morgan fingerprint density at radius 2 is 1.97 bits per heavy atom. The molecule has 1 saturated heterocycles. The molecule has 33 heavy (non-hydrogen) atoms. The van der Waals surface area contributed by atoms with Crippen LogP contribution in [0.15, 0.2) is 42.3 Å². The van der Waals surface area contributed by atoms with Crippen molar-refractivity contribution < 1.29 is 28.2 Å². The lowest BCUT2D eigenvalue weighted by molar-refractivity contribution is -0.144. The number of hydrogen-bond donors (Lipinski definition) is 2. The molecule has 7 nitrogen and oxygen atoms in total. The molecule has 0 aliphatic carbocycles. The number of nitrogens with one attached hydrogen (secondary N) is 2. The second kappa shape index (κ2) is 17.0. The Hall–Kier alpha value is -2.59. The average Bonchev–Trinajstić information content (AvgIpc) is 3.57. The fourth-order valence-electron chi connectivity index (χ4n) is 2.72. The minimum Gasteiger partial charge on any atom is -0.497 e. The Labute approximate surface area is 198 Å². The van der Waals surface area contributed by atoms with Crippen LogP contribution < -0.4 is 15.4 Å². The van der Waals surface area contributed by atoms with Gasteiger partial charge >= 0.3 is 5.97 Å². The number of esters is 1. The van der Waals surface area contributed by atoms with Crippen molar-refractivity contribution in [3.63, 3.8) is 0 Å². The predicted octanol–water partition coefficient (Wildman–Crippen LogP) is 3.70. The van der Waals surface area contributed by atoms with Crippen molar-refractivity contribution >= 4 is 23.6 Å². The first kappa shape index (κ1) is 28.4. The van der Waals surface area contributed by atoms with Crippen LogP contribution in [-0.2, 0) is 14.3 Å². The van der Waals surface area contributed by atoms with Gasteiger partial charge in [-0.2, -0.15) is 0 Å². The molecule has 2 N–H and O–H groups in total. The number of benzene rings is 1. The monoisotopic (exact) mass is 480 g/mol. The molecule has 1 aliphatic heterocycles. The molecule has 1 aromatic heterocycles. The summed E-state index contributed by atoms with van der Waals surface area (Å²) in [6, 6.07) is 5.80. The van der Waals surface area contributed by atoms with Gasteiger partial charge in [0.1, 0.15) is 17.6 Å². The molecule has 1 unspecified atom stereocenters. The maximum Gasteiger partial charge on any atom is 0.325 e. The zero-order valence-electron chi connectivity index (χ0n) is 19.4. The van der Waals surface area contributed by atoms with Crippen LogP contribution >= 0.6 is 11.3 Å². The van der Waals surface area contributed by atoms with Crippen molar-refractivity contribution in [2.45, 2.75) is 18.9 Å². The van der Waals surface area contributed by atoms with Crippen LogP contribution in [0.3, 0.4) is 0 Å². The summed E-state index contributed by atoms with van der Waals surface area (Å²) in [6.07, 6.45) is 5.19. The lowest BCUT2D eigenvalue weighted by Crippen LogP contribution is -2.39. The number of carbonyl (C=O) groups excluding carboxylic acids is 2. The molecule has 1 atom stereocenters. The highest BCUT2D eigenvalue weighted by Gasteiger charge is 2.16. The molecule has 1 fully saturated rings. The normalized spacial score (nSPS) is 13.0. The molecule has 182 valence electrons. The van der Waals surface area contributed by atoms with Gasteiger partial charge in [0.2, 0.25) is 0 Å². The van der Waals surface area contributed by atoms with E-state index in [4.69, 9.17) is 9.47 Å². The van der Waals surface area contributed by atoms with Gasteiger partial charge in [-0.3, -0.25) is 9.59 Å². The molecule has 0 bridgehead atoms. The van der Waals surface area contributed by atoms with E-state index in [1.807, 2.05) is 5.38 Å². The van der Waals surface area contributed by atoms with Gasteiger partial charge in [0.15, 0.2) is 6.29 Å². The predicted molar refractivity (Wildman–Crippen MR) is 130 cm³/mol. The molecular formula is C24H33FN2O5S. The lowest BCUT2D eigenvalue weighted by Gasteiger charge is -2.12. The summed E-state index contributed by atoms with van der Waals surface area (Å²) in [5.74, 6) is -0.205. The second-order valence-electron chi connectivity index (χ2n) is 6.88. The Kier molecular flexibility index (Phi) is 14.6. The van der Waals surface area contributed by atoms with Crippen molar-refractivity contribution in [2.24, 2.45) is 0 Å². The highest BCUT2D eigenvalue weighted by molar-refractivity contribution is 7.12.